The molecule has 0 bridgehead atoms. The minimum Gasteiger partial charge on any atom is -0.493 e. The van der Waals surface area contributed by atoms with Crippen molar-refractivity contribution in [1.29, 1.82) is 0 Å². The van der Waals surface area contributed by atoms with E-state index in [9.17, 15) is 22.0 Å². The van der Waals surface area contributed by atoms with Gasteiger partial charge in [-0.15, -0.1) is 0 Å². The van der Waals surface area contributed by atoms with Crippen molar-refractivity contribution in [3.05, 3.63) is 47.8 Å². The van der Waals surface area contributed by atoms with Gasteiger partial charge in [0.05, 0.1) is 44.0 Å². The first kappa shape index (κ1) is 29.1. The Kier molecular flexibility index (Phi) is 7.86. The van der Waals surface area contributed by atoms with Crippen molar-refractivity contribution in [3.8, 4) is 22.6 Å². The predicted molar refractivity (Wildman–Crippen MR) is 147 cm³/mol. The highest BCUT2D eigenvalue weighted by Crippen LogP contribution is 2.42. The highest BCUT2D eigenvalue weighted by atomic mass is 32.2. The minimum atomic E-state index is -3.74. The maximum absolute atomic E-state index is 14.4. The van der Waals surface area contributed by atoms with Crippen LogP contribution in [-0.4, -0.2) is 85.2 Å². The van der Waals surface area contributed by atoms with E-state index in [2.05, 4.69) is 5.16 Å². The standard InChI is InChI=1S/C28H33F2N3O7S/c1-3-38-22-13-19(14-23(39-4-2)25(22)20-5-7-21(29)8-6-20)16-41(36,37)33-17-27(18-33)15-24(31-40-27)32-11-9-28(30,10-12-32)26(34)35/h5-8,13-14H,3-4,9-12,15-18H2,1-2H3,(H,34,35). The summed E-state index contributed by atoms with van der Waals surface area (Å²) in [5, 5.41) is 13.2. The number of hydrogen-bond donors (Lipinski definition) is 1. The van der Waals surface area contributed by atoms with Gasteiger partial charge in [0.2, 0.25) is 15.7 Å². The van der Waals surface area contributed by atoms with Crippen molar-refractivity contribution in [2.75, 3.05) is 39.4 Å². The molecule has 1 N–H and O–H groups in total. The summed E-state index contributed by atoms with van der Waals surface area (Å²) in [6.45, 7) is 4.93. The Balaban J connectivity index is 1.27. The number of oxime groups is 1. The number of ether oxygens (including phenoxy) is 2. The molecule has 13 heteroatoms. The lowest BCUT2D eigenvalue weighted by Gasteiger charge is -2.44. The number of carboxylic acids is 1. The molecule has 3 aliphatic heterocycles. The van der Waals surface area contributed by atoms with E-state index in [-0.39, 0.29) is 50.6 Å². The van der Waals surface area contributed by atoms with Crippen LogP contribution >= 0.6 is 0 Å². The lowest BCUT2D eigenvalue weighted by Crippen LogP contribution is -2.64. The van der Waals surface area contributed by atoms with E-state index in [0.717, 1.165) is 0 Å². The lowest BCUT2D eigenvalue weighted by molar-refractivity contribution is -0.153. The first-order chi connectivity index (χ1) is 19.5. The van der Waals surface area contributed by atoms with Gasteiger partial charge in [0.25, 0.3) is 0 Å². The largest absolute Gasteiger partial charge is 0.493 e. The van der Waals surface area contributed by atoms with Crippen molar-refractivity contribution in [3.63, 3.8) is 0 Å². The quantitative estimate of drug-likeness (QED) is 0.467. The number of sulfonamides is 1. The molecule has 3 aliphatic rings. The third-order valence-corrected chi connectivity index (χ3v) is 9.40. The van der Waals surface area contributed by atoms with E-state index in [0.29, 0.717) is 53.7 Å². The third-order valence-electron chi connectivity index (χ3n) is 7.66. The average Bonchev–Trinajstić information content (AvgIpc) is 3.35. The van der Waals surface area contributed by atoms with Crippen LogP contribution in [0.4, 0.5) is 8.78 Å². The van der Waals surface area contributed by atoms with Crippen LogP contribution in [0.3, 0.4) is 0 Å². The molecule has 0 aliphatic carbocycles. The number of amidine groups is 1. The van der Waals surface area contributed by atoms with Gasteiger partial charge in [0.15, 0.2) is 5.60 Å². The van der Waals surface area contributed by atoms with Crippen LogP contribution in [0.25, 0.3) is 11.1 Å². The van der Waals surface area contributed by atoms with Crippen LogP contribution in [0.15, 0.2) is 41.6 Å². The summed E-state index contributed by atoms with van der Waals surface area (Å²) in [5.41, 5.74) is -1.25. The summed E-state index contributed by atoms with van der Waals surface area (Å²) in [4.78, 5) is 18.6. The molecule has 2 aromatic rings. The molecule has 0 atom stereocenters. The summed E-state index contributed by atoms with van der Waals surface area (Å²) in [7, 11) is -3.74. The van der Waals surface area contributed by atoms with Gasteiger partial charge >= 0.3 is 5.97 Å². The third kappa shape index (κ3) is 5.82. The molecular formula is C28H33F2N3O7S. The molecule has 10 nitrogen and oxygen atoms in total. The zero-order chi connectivity index (χ0) is 29.4. The number of hydrogen-bond acceptors (Lipinski definition) is 8. The number of alkyl halides is 1. The Morgan fingerprint density at radius 2 is 1.66 bits per heavy atom. The summed E-state index contributed by atoms with van der Waals surface area (Å²) in [6, 6.07) is 9.26. The molecule has 0 radical (unpaired) electrons. The van der Waals surface area contributed by atoms with E-state index < -0.39 is 27.3 Å². The molecule has 2 fully saturated rings. The maximum atomic E-state index is 14.4. The molecule has 0 amide bonds. The number of piperidine rings is 1. The summed E-state index contributed by atoms with van der Waals surface area (Å²) >= 11 is 0. The second-order valence-corrected chi connectivity index (χ2v) is 12.5. The zero-order valence-electron chi connectivity index (χ0n) is 22.9. The maximum Gasteiger partial charge on any atom is 0.341 e. The lowest BCUT2D eigenvalue weighted by atomic mass is 9.90. The minimum absolute atomic E-state index is 0.114. The number of carbonyl (C=O) groups is 1. The van der Waals surface area contributed by atoms with Gasteiger partial charge in [-0.25, -0.2) is 22.0 Å². The van der Waals surface area contributed by atoms with Crippen LogP contribution in [-0.2, 0) is 25.4 Å². The van der Waals surface area contributed by atoms with Crippen molar-refractivity contribution in [2.45, 2.75) is 50.1 Å². The van der Waals surface area contributed by atoms with E-state index >= 15 is 0 Å². The van der Waals surface area contributed by atoms with E-state index in [4.69, 9.17) is 19.4 Å². The van der Waals surface area contributed by atoms with Gasteiger partial charge < -0.3 is 24.3 Å². The Labute approximate surface area is 237 Å². The highest BCUT2D eigenvalue weighted by molar-refractivity contribution is 7.88. The van der Waals surface area contributed by atoms with Gasteiger partial charge in [-0.05, 0) is 49.2 Å². The monoisotopic (exact) mass is 593 g/mol. The number of nitrogens with zero attached hydrogens (tertiary/aromatic N) is 3. The van der Waals surface area contributed by atoms with Gasteiger partial charge in [0.1, 0.15) is 23.2 Å². The van der Waals surface area contributed by atoms with Gasteiger partial charge in [-0.3, -0.25) is 0 Å². The molecule has 0 aromatic heterocycles. The predicted octanol–water partition coefficient (Wildman–Crippen LogP) is 3.80. The molecule has 5 rings (SSSR count). The van der Waals surface area contributed by atoms with Crippen LogP contribution < -0.4 is 9.47 Å². The number of halogens is 2. The van der Waals surface area contributed by atoms with E-state index in [1.165, 1.54) is 16.4 Å². The molecule has 41 heavy (non-hydrogen) atoms. The summed E-state index contributed by atoms with van der Waals surface area (Å²) < 4.78 is 67.8. The van der Waals surface area contributed by atoms with Gasteiger partial charge in [-0.2, -0.15) is 4.31 Å². The molecule has 3 heterocycles. The summed E-state index contributed by atoms with van der Waals surface area (Å²) in [6.07, 6.45) is 0.0608. The molecule has 2 saturated heterocycles. The second-order valence-electron chi connectivity index (χ2n) is 10.6. The molecule has 222 valence electrons. The Bertz CT molecular complexity index is 1410. The smallest absolute Gasteiger partial charge is 0.341 e. The number of carboxylic acid groups (broad SMARTS) is 1. The first-order valence-electron chi connectivity index (χ1n) is 13.6. The fourth-order valence-corrected chi connectivity index (χ4v) is 7.07. The van der Waals surface area contributed by atoms with Crippen LogP contribution in [0.1, 0.15) is 38.7 Å². The molecule has 1 spiro atoms. The Hall–Kier alpha value is -3.45. The van der Waals surface area contributed by atoms with Crippen molar-refractivity contribution in [1.82, 2.24) is 9.21 Å². The highest BCUT2D eigenvalue weighted by Gasteiger charge is 2.55. The van der Waals surface area contributed by atoms with E-state index in [1.54, 1.807) is 29.2 Å². The fourth-order valence-electron chi connectivity index (χ4n) is 5.44. The van der Waals surface area contributed by atoms with Crippen LogP contribution in [0.5, 0.6) is 11.5 Å². The van der Waals surface area contributed by atoms with Crippen LogP contribution in [0.2, 0.25) is 0 Å². The summed E-state index contributed by atoms with van der Waals surface area (Å²) in [5.74, 6) is -0.665. The SMILES string of the molecule is CCOc1cc(CS(=O)(=O)N2CC3(CC(N4CCC(F)(C(=O)O)CC4)=NO3)C2)cc(OCC)c1-c1ccc(F)cc1. The number of rotatable bonds is 9. The molecule has 0 saturated carbocycles. The number of benzene rings is 2. The zero-order valence-corrected chi connectivity index (χ0v) is 23.8. The molecule has 0 unspecified atom stereocenters. The topological polar surface area (TPSA) is 118 Å². The first-order valence-corrected chi connectivity index (χ1v) is 15.2. The Morgan fingerprint density at radius 3 is 2.20 bits per heavy atom. The van der Waals surface area contributed by atoms with Crippen LogP contribution in [0, 0.1) is 5.82 Å². The van der Waals surface area contributed by atoms with Gasteiger partial charge in [-0.1, -0.05) is 17.3 Å². The Morgan fingerprint density at radius 1 is 1.07 bits per heavy atom. The number of aliphatic carboxylic acids is 1. The fraction of sp³-hybridized carbons (Fsp3) is 0.500. The van der Waals surface area contributed by atoms with Crippen molar-refractivity contribution in [2.24, 2.45) is 5.16 Å². The molecular weight excluding hydrogens is 560 g/mol. The van der Waals surface area contributed by atoms with Crippen molar-refractivity contribution < 1.29 is 41.4 Å². The average molecular weight is 594 g/mol. The number of likely N-dealkylation sites (tertiary alicyclic amines) is 1. The molecule has 2 aromatic carbocycles. The van der Waals surface area contributed by atoms with E-state index in [1.807, 2.05) is 13.8 Å². The van der Waals surface area contributed by atoms with Crippen molar-refractivity contribution >= 4 is 21.8 Å². The second kappa shape index (κ2) is 11.1. The van der Waals surface area contributed by atoms with Gasteiger partial charge in [0, 0.05) is 25.9 Å². The normalized spacial score (nSPS) is 19.8.